The number of alkyl halides is 1. The van der Waals surface area contributed by atoms with Gasteiger partial charge in [0, 0.05) is 22.1 Å². The smallest absolute Gasteiger partial charge is 0.228 e. The maximum atomic E-state index is 12.3. The highest BCUT2D eigenvalue weighted by Gasteiger charge is 2.31. The minimum Gasteiger partial charge on any atom is -0.351 e. The van der Waals surface area contributed by atoms with E-state index in [-0.39, 0.29) is 17.4 Å². The summed E-state index contributed by atoms with van der Waals surface area (Å²) in [6.45, 7) is 4.03. The van der Waals surface area contributed by atoms with E-state index in [0.717, 1.165) is 17.7 Å². The van der Waals surface area contributed by atoms with Crippen molar-refractivity contribution in [2.45, 2.75) is 36.6 Å². The number of halogens is 1. The van der Waals surface area contributed by atoms with Crippen molar-refractivity contribution in [2.24, 2.45) is 0 Å². The number of nitrogens with one attached hydrogen (secondary N) is 1. The Morgan fingerprint density at radius 3 is 2.94 bits per heavy atom. The van der Waals surface area contributed by atoms with Gasteiger partial charge in [0.05, 0.1) is 5.92 Å². The third-order valence-corrected chi connectivity index (χ3v) is 4.57. The van der Waals surface area contributed by atoms with Crippen LogP contribution in [0.5, 0.6) is 0 Å². The van der Waals surface area contributed by atoms with E-state index in [9.17, 15) is 4.79 Å². The summed E-state index contributed by atoms with van der Waals surface area (Å²) in [5, 5.41) is 3.10. The van der Waals surface area contributed by atoms with Gasteiger partial charge in [0.15, 0.2) is 0 Å². The molecule has 1 unspecified atom stereocenters. The largest absolute Gasteiger partial charge is 0.351 e. The van der Waals surface area contributed by atoms with Crippen LogP contribution in [0.3, 0.4) is 0 Å². The maximum Gasteiger partial charge on any atom is 0.228 e. The van der Waals surface area contributed by atoms with Crippen molar-refractivity contribution in [1.29, 1.82) is 0 Å². The van der Waals surface area contributed by atoms with Crippen LogP contribution in [0.25, 0.3) is 0 Å². The lowest BCUT2D eigenvalue weighted by molar-refractivity contribution is -0.123. The van der Waals surface area contributed by atoms with Crippen molar-refractivity contribution in [2.75, 3.05) is 11.6 Å². The molecule has 1 aromatic rings. The maximum absolute atomic E-state index is 12.3. The molecule has 1 aromatic carbocycles. The number of rotatable bonds is 4. The molecule has 1 amide bonds. The first-order chi connectivity index (χ1) is 8.53. The van der Waals surface area contributed by atoms with Crippen LogP contribution >= 0.6 is 23.4 Å². The molecule has 1 N–H and O–H groups in total. The van der Waals surface area contributed by atoms with E-state index in [1.54, 1.807) is 11.8 Å². The SMILES string of the molecule is CC(C)(CCCl)NC(=O)C1CSc2ccccc21. The van der Waals surface area contributed by atoms with Crippen LogP contribution in [0.15, 0.2) is 29.2 Å². The molecule has 0 fully saturated rings. The third-order valence-electron chi connectivity index (χ3n) is 3.20. The number of amides is 1. The number of thioether (sulfide) groups is 1. The van der Waals surface area contributed by atoms with Crippen LogP contribution in [0, 0.1) is 0 Å². The average molecular weight is 284 g/mol. The molecular formula is C14H18ClNOS. The fourth-order valence-electron chi connectivity index (χ4n) is 2.10. The van der Waals surface area contributed by atoms with Gasteiger partial charge >= 0.3 is 0 Å². The molecule has 0 spiro atoms. The molecule has 2 nitrogen and oxygen atoms in total. The molecule has 0 saturated carbocycles. The number of benzene rings is 1. The highest BCUT2D eigenvalue weighted by molar-refractivity contribution is 7.99. The Kier molecular flexibility index (Phi) is 4.23. The molecule has 4 heteroatoms. The molecule has 18 heavy (non-hydrogen) atoms. The Balaban J connectivity index is 2.08. The van der Waals surface area contributed by atoms with E-state index >= 15 is 0 Å². The second kappa shape index (κ2) is 5.54. The summed E-state index contributed by atoms with van der Waals surface area (Å²) in [5.74, 6) is 1.48. The van der Waals surface area contributed by atoms with Crippen LogP contribution in [0.4, 0.5) is 0 Å². The molecule has 1 atom stereocenters. The van der Waals surface area contributed by atoms with E-state index in [0.29, 0.717) is 5.88 Å². The summed E-state index contributed by atoms with van der Waals surface area (Å²) in [6, 6.07) is 8.14. The fourth-order valence-corrected chi connectivity index (χ4v) is 3.80. The third kappa shape index (κ3) is 3.01. The van der Waals surface area contributed by atoms with Crippen LogP contribution in [0.2, 0.25) is 0 Å². The molecule has 0 saturated heterocycles. The number of carbonyl (C=O) groups is 1. The minimum absolute atomic E-state index is 0.0270. The van der Waals surface area contributed by atoms with E-state index in [1.165, 1.54) is 4.90 Å². The minimum atomic E-state index is -0.235. The highest BCUT2D eigenvalue weighted by Crippen LogP contribution is 2.39. The molecule has 0 aromatic heterocycles. The summed E-state index contributed by atoms with van der Waals surface area (Å²) in [5.41, 5.74) is 0.919. The fraction of sp³-hybridized carbons (Fsp3) is 0.500. The summed E-state index contributed by atoms with van der Waals surface area (Å²) in [4.78, 5) is 13.6. The molecule has 0 bridgehead atoms. The Morgan fingerprint density at radius 1 is 1.50 bits per heavy atom. The van der Waals surface area contributed by atoms with Crippen molar-refractivity contribution in [3.63, 3.8) is 0 Å². The van der Waals surface area contributed by atoms with Gasteiger partial charge < -0.3 is 5.32 Å². The second-order valence-corrected chi connectivity index (χ2v) is 6.65. The lowest BCUT2D eigenvalue weighted by atomic mass is 9.96. The second-order valence-electron chi connectivity index (χ2n) is 5.21. The van der Waals surface area contributed by atoms with E-state index < -0.39 is 0 Å². The van der Waals surface area contributed by atoms with Gasteiger partial charge in [-0.1, -0.05) is 18.2 Å². The Bertz CT molecular complexity index is 447. The van der Waals surface area contributed by atoms with Gasteiger partial charge in [0.2, 0.25) is 5.91 Å². The molecule has 98 valence electrons. The molecule has 0 radical (unpaired) electrons. The first kappa shape index (κ1) is 13.8. The van der Waals surface area contributed by atoms with Crippen molar-refractivity contribution in [3.8, 4) is 0 Å². The summed E-state index contributed by atoms with van der Waals surface area (Å²) in [7, 11) is 0. The molecule has 0 aliphatic carbocycles. The summed E-state index contributed by atoms with van der Waals surface area (Å²) in [6.07, 6.45) is 0.780. The Hall–Kier alpha value is -0.670. The van der Waals surface area contributed by atoms with Gasteiger partial charge in [-0.05, 0) is 31.9 Å². The van der Waals surface area contributed by atoms with Crippen LogP contribution < -0.4 is 5.32 Å². The van der Waals surface area contributed by atoms with Crippen molar-refractivity contribution in [1.82, 2.24) is 5.32 Å². The van der Waals surface area contributed by atoms with Crippen LogP contribution in [-0.4, -0.2) is 23.1 Å². The monoisotopic (exact) mass is 283 g/mol. The van der Waals surface area contributed by atoms with E-state index in [4.69, 9.17) is 11.6 Å². The van der Waals surface area contributed by atoms with Gasteiger partial charge in [0.25, 0.3) is 0 Å². The Labute approximate surface area is 117 Å². The molecule has 2 rings (SSSR count). The first-order valence-corrected chi connectivity index (χ1v) is 7.65. The normalized spacial score (nSPS) is 18.5. The molecule has 1 heterocycles. The number of fused-ring (bicyclic) bond motifs is 1. The standard InChI is InChI=1S/C14H18ClNOS/c1-14(2,7-8-15)16-13(17)11-9-18-12-6-4-3-5-10(11)12/h3-6,11H,7-9H2,1-2H3,(H,16,17). The Morgan fingerprint density at radius 2 is 2.22 bits per heavy atom. The van der Waals surface area contributed by atoms with Gasteiger partial charge in [-0.2, -0.15) is 0 Å². The van der Waals surface area contributed by atoms with E-state index in [2.05, 4.69) is 11.4 Å². The number of carbonyl (C=O) groups excluding carboxylic acids is 1. The van der Waals surface area contributed by atoms with Gasteiger partial charge in [0.1, 0.15) is 0 Å². The zero-order valence-corrected chi connectivity index (χ0v) is 12.3. The number of hydrogen-bond acceptors (Lipinski definition) is 2. The quantitative estimate of drug-likeness (QED) is 0.858. The summed E-state index contributed by atoms with van der Waals surface area (Å²) >= 11 is 7.51. The van der Waals surface area contributed by atoms with Gasteiger partial charge in [-0.25, -0.2) is 0 Å². The summed E-state index contributed by atoms with van der Waals surface area (Å²) < 4.78 is 0. The van der Waals surface area contributed by atoms with Crippen molar-refractivity contribution in [3.05, 3.63) is 29.8 Å². The molecule has 1 aliphatic heterocycles. The topological polar surface area (TPSA) is 29.1 Å². The first-order valence-electron chi connectivity index (χ1n) is 6.13. The van der Waals surface area contributed by atoms with Crippen LogP contribution in [0.1, 0.15) is 31.7 Å². The lowest BCUT2D eigenvalue weighted by Gasteiger charge is -2.27. The van der Waals surface area contributed by atoms with Gasteiger partial charge in [-0.15, -0.1) is 23.4 Å². The van der Waals surface area contributed by atoms with E-state index in [1.807, 2.05) is 32.0 Å². The van der Waals surface area contributed by atoms with Gasteiger partial charge in [-0.3, -0.25) is 4.79 Å². The zero-order valence-electron chi connectivity index (χ0n) is 10.7. The van der Waals surface area contributed by atoms with Crippen LogP contribution in [-0.2, 0) is 4.79 Å². The van der Waals surface area contributed by atoms with Crippen molar-refractivity contribution >= 4 is 29.3 Å². The predicted octanol–water partition coefficient (Wildman–Crippen LogP) is 3.40. The zero-order chi connectivity index (χ0) is 13.2. The lowest BCUT2D eigenvalue weighted by Crippen LogP contribution is -2.45. The molecule has 1 aliphatic rings. The van der Waals surface area contributed by atoms with Crippen molar-refractivity contribution < 1.29 is 4.79 Å². The number of hydrogen-bond donors (Lipinski definition) is 1. The predicted molar refractivity (Wildman–Crippen MR) is 77.5 cm³/mol. The molecular weight excluding hydrogens is 266 g/mol. The average Bonchev–Trinajstić information content (AvgIpc) is 2.71. The highest BCUT2D eigenvalue weighted by atomic mass is 35.5.